The highest BCUT2D eigenvalue weighted by atomic mass is 35.5. The van der Waals surface area contributed by atoms with E-state index in [2.05, 4.69) is 10.3 Å². The molecule has 0 aliphatic rings. The van der Waals surface area contributed by atoms with Gasteiger partial charge in [0.2, 0.25) is 0 Å². The first-order valence-corrected chi connectivity index (χ1v) is 4.55. The summed E-state index contributed by atoms with van der Waals surface area (Å²) in [5.74, 6) is 0. The lowest BCUT2D eigenvalue weighted by Crippen LogP contribution is -2.28. The van der Waals surface area contributed by atoms with Crippen LogP contribution >= 0.6 is 11.6 Å². The first kappa shape index (κ1) is 10.4. The van der Waals surface area contributed by atoms with Gasteiger partial charge in [-0.3, -0.25) is 0 Å². The fourth-order valence-electron chi connectivity index (χ4n) is 0.900. The Hall–Kier alpha value is -0.640. The van der Waals surface area contributed by atoms with Crippen molar-refractivity contribution in [2.75, 3.05) is 6.61 Å². The average Bonchev–Trinajstić information content (AvgIpc) is 2.16. The SMILES string of the molecule is C[C@@H](CO)NCc1cccnc1Cl. The van der Waals surface area contributed by atoms with E-state index in [-0.39, 0.29) is 12.6 Å². The molecular formula is C9H13ClN2O. The van der Waals surface area contributed by atoms with Crippen LogP contribution in [0.25, 0.3) is 0 Å². The Kier molecular flexibility index (Phi) is 4.15. The van der Waals surface area contributed by atoms with E-state index in [1.54, 1.807) is 6.20 Å². The molecule has 4 heteroatoms. The lowest BCUT2D eigenvalue weighted by molar-refractivity contribution is 0.251. The third kappa shape index (κ3) is 3.30. The van der Waals surface area contributed by atoms with Crippen molar-refractivity contribution in [3.8, 4) is 0 Å². The van der Waals surface area contributed by atoms with Gasteiger partial charge in [-0.25, -0.2) is 4.98 Å². The number of nitrogens with one attached hydrogen (secondary N) is 1. The minimum Gasteiger partial charge on any atom is -0.395 e. The number of rotatable bonds is 4. The summed E-state index contributed by atoms with van der Waals surface area (Å²) in [5.41, 5.74) is 0.949. The topological polar surface area (TPSA) is 45.1 Å². The summed E-state index contributed by atoms with van der Waals surface area (Å²) < 4.78 is 0. The van der Waals surface area contributed by atoms with Gasteiger partial charge < -0.3 is 10.4 Å². The molecular weight excluding hydrogens is 188 g/mol. The van der Waals surface area contributed by atoms with Gasteiger partial charge in [-0.15, -0.1) is 0 Å². The van der Waals surface area contributed by atoms with Crippen molar-refractivity contribution in [3.05, 3.63) is 29.0 Å². The predicted molar refractivity (Wildman–Crippen MR) is 52.6 cm³/mol. The number of pyridine rings is 1. The number of hydrogen-bond donors (Lipinski definition) is 2. The van der Waals surface area contributed by atoms with Crippen molar-refractivity contribution in [2.24, 2.45) is 0 Å². The van der Waals surface area contributed by atoms with Gasteiger partial charge in [-0.05, 0) is 13.0 Å². The molecule has 0 aliphatic carbocycles. The summed E-state index contributed by atoms with van der Waals surface area (Å²) in [5, 5.41) is 12.4. The molecule has 0 bridgehead atoms. The highest BCUT2D eigenvalue weighted by Crippen LogP contribution is 2.10. The van der Waals surface area contributed by atoms with Gasteiger partial charge in [-0.1, -0.05) is 17.7 Å². The predicted octanol–water partition coefficient (Wildman–Crippen LogP) is 1.21. The largest absolute Gasteiger partial charge is 0.395 e. The van der Waals surface area contributed by atoms with E-state index in [4.69, 9.17) is 16.7 Å². The number of nitrogens with zero attached hydrogens (tertiary/aromatic N) is 1. The smallest absolute Gasteiger partial charge is 0.133 e. The maximum Gasteiger partial charge on any atom is 0.133 e. The number of halogens is 1. The van der Waals surface area contributed by atoms with Crippen LogP contribution in [-0.4, -0.2) is 22.7 Å². The zero-order valence-corrected chi connectivity index (χ0v) is 8.25. The zero-order chi connectivity index (χ0) is 9.68. The van der Waals surface area contributed by atoms with Crippen LogP contribution in [0.3, 0.4) is 0 Å². The van der Waals surface area contributed by atoms with Crippen molar-refractivity contribution in [1.29, 1.82) is 0 Å². The molecule has 0 unspecified atom stereocenters. The van der Waals surface area contributed by atoms with Gasteiger partial charge in [-0.2, -0.15) is 0 Å². The standard InChI is InChI=1S/C9H13ClN2O/c1-7(6-13)12-5-8-3-2-4-11-9(8)10/h2-4,7,12-13H,5-6H2,1H3/t7-/m0/s1. The Balaban J connectivity index is 2.50. The Labute approximate surface area is 82.8 Å². The second kappa shape index (κ2) is 5.17. The maximum atomic E-state index is 8.77. The molecule has 0 aromatic carbocycles. The Morgan fingerprint density at radius 2 is 2.46 bits per heavy atom. The van der Waals surface area contributed by atoms with E-state index in [9.17, 15) is 0 Å². The van der Waals surface area contributed by atoms with Crippen LogP contribution in [0.4, 0.5) is 0 Å². The summed E-state index contributed by atoms with van der Waals surface area (Å²) in [6.45, 7) is 2.66. The third-order valence-corrected chi connectivity index (χ3v) is 2.09. The van der Waals surface area contributed by atoms with Crippen LogP contribution in [0.5, 0.6) is 0 Å². The first-order chi connectivity index (χ1) is 6.24. The molecule has 0 saturated heterocycles. The van der Waals surface area contributed by atoms with Gasteiger partial charge in [0.25, 0.3) is 0 Å². The molecule has 1 rings (SSSR count). The van der Waals surface area contributed by atoms with Crippen LogP contribution < -0.4 is 5.32 Å². The van der Waals surface area contributed by atoms with Crippen LogP contribution in [-0.2, 0) is 6.54 Å². The molecule has 0 fully saturated rings. The molecule has 72 valence electrons. The molecule has 0 amide bonds. The van der Waals surface area contributed by atoms with E-state index in [1.807, 2.05) is 19.1 Å². The minimum atomic E-state index is 0.0799. The minimum absolute atomic E-state index is 0.0799. The number of aliphatic hydroxyl groups is 1. The Morgan fingerprint density at radius 1 is 1.69 bits per heavy atom. The first-order valence-electron chi connectivity index (χ1n) is 4.17. The molecule has 3 nitrogen and oxygen atoms in total. The fraction of sp³-hybridized carbons (Fsp3) is 0.444. The highest BCUT2D eigenvalue weighted by molar-refractivity contribution is 6.30. The molecule has 2 N–H and O–H groups in total. The van der Waals surface area contributed by atoms with Gasteiger partial charge in [0.05, 0.1) is 6.61 Å². The number of aromatic nitrogens is 1. The molecule has 0 aliphatic heterocycles. The van der Waals surface area contributed by atoms with Gasteiger partial charge in [0, 0.05) is 24.3 Å². The molecule has 0 saturated carbocycles. The van der Waals surface area contributed by atoms with Crippen LogP contribution in [0.1, 0.15) is 12.5 Å². The average molecular weight is 201 g/mol. The molecule has 0 spiro atoms. The van der Waals surface area contributed by atoms with Crippen molar-refractivity contribution in [1.82, 2.24) is 10.3 Å². The monoisotopic (exact) mass is 200 g/mol. The van der Waals surface area contributed by atoms with Gasteiger partial charge >= 0.3 is 0 Å². The summed E-state index contributed by atoms with van der Waals surface area (Å²) in [7, 11) is 0. The lowest BCUT2D eigenvalue weighted by Gasteiger charge is -2.10. The van der Waals surface area contributed by atoms with Gasteiger partial charge in [0.15, 0.2) is 0 Å². The molecule has 13 heavy (non-hydrogen) atoms. The second-order valence-electron chi connectivity index (χ2n) is 2.92. The van der Waals surface area contributed by atoms with E-state index in [0.717, 1.165) is 5.56 Å². The summed E-state index contributed by atoms with van der Waals surface area (Å²) >= 11 is 5.84. The fourth-order valence-corrected chi connectivity index (χ4v) is 1.09. The van der Waals surface area contributed by atoms with Crippen molar-refractivity contribution in [3.63, 3.8) is 0 Å². The summed E-state index contributed by atoms with van der Waals surface area (Å²) in [4.78, 5) is 3.95. The van der Waals surface area contributed by atoms with E-state index in [0.29, 0.717) is 11.7 Å². The highest BCUT2D eigenvalue weighted by Gasteiger charge is 2.02. The maximum absolute atomic E-state index is 8.77. The quantitative estimate of drug-likeness (QED) is 0.719. The van der Waals surface area contributed by atoms with Crippen LogP contribution in [0.2, 0.25) is 5.15 Å². The van der Waals surface area contributed by atoms with E-state index < -0.39 is 0 Å². The molecule has 1 aromatic rings. The van der Waals surface area contributed by atoms with Crippen molar-refractivity contribution < 1.29 is 5.11 Å². The second-order valence-corrected chi connectivity index (χ2v) is 3.28. The zero-order valence-electron chi connectivity index (χ0n) is 7.50. The summed E-state index contributed by atoms with van der Waals surface area (Å²) in [6, 6.07) is 3.83. The molecule has 1 heterocycles. The van der Waals surface area contributed by atoms with Crippen molar-refractivity contribution in [2.45, 2.75) is 19.5 Å². The molecule has 1 aromatic heterocycles. The Morgan fingerprint density at radius 3 is 3.08 bits per heavy atom. The Bertz CT molecular complexity index is 268. The summed E-state index contributed by atoms with van der Waals surface area (Å²) in [6.07, 6.45) is 1.65. The van der Waals surface area contributed by atoms with Crippen LogP contribution in [0, 0.1) is 0 Å². The third-order valence-electron chi connectivity index (χ3n) is 1.75. The molecule has 1 atom stereocenters. The number of aliphatic hydroxyl groups excluding tert-OH is 1. The molecule has 0 radical (unpaired) electrons. The van der Waals surface area contributed by atoms with Gasteiger partial charge in [0.1, 0.15) is 5.15 Å². The van der Waals surface area contributed by atoms with Crippen molar-refractivity contribution >= 4 is 11.6 Å². The lowest BCUT2D eigenvalue weighted by atomic mass is 10.2. The van der Waals surface area contributed by atoms with E-state index in [1.165, 1.54) is 0 Å². The van der Waals surface area contributed by atoms with E-state index >= 15 is 0 Å². The van der Waals surface area contributed by atoms with Crippen LogP contribution in [0.15, 0.2) is 18.3 Å². The normalized spacial score (nSPS) is 12.8. The number of hydrogen-bond acceptors (Lipinski definition) is 3.